The van der Waals surface area contributed by atoms with E-state index in [4.69, 9.17) is 4.74 Å². The zero-order chi connectivity index (χ0) is 17.8. The van der Waals surface area contributed by atoms with Crippen molar-refractivity contribution in [2.24, 2.45) is 11.8 Å². The maximum atomic E-state index is 13.8. The largest absolute Gasteiger partial charge is 0.381 e. The Labute approximate surface area is 149 Å². The fourth-order valence-corrected chi connectivity index (χ4v) is 3.72. The lowest BCUT2D eigenvalue weighted by atomic mass is 9.90. The minimum absolute atomic E-state index is 0.141. The molecule has 1 aromatic rings. The first-order valence-electron chi connectivity index (χ1n) is 9.40. The van der Waals surface area contributed by atoms with Gasteiger partial charge >= 0.3 is 0 Å². The van der Waals surface area contributed by atoms with Gasteiger partial charge in [0.1, 0.15) is 5.82 Å². The van der Waals surface area contributed by atoms with Gasteiger partial charge in [-0.25, -0.2) is 4.39 Å². The van der Waals surface area contributed by atoms with Gasteiger partial charge in [-0.1, -0.05) is 32.0 Å². The van der Waals surface area contributed by atoms with Gasteiger partial charge in [0.05, 0.1) is 6.04 Å². The van der Waals surface area contributed by atoms with Gasteiger partial charge in [0.25, 0.3) is 0 Å². The maximum absolute atomic E-state index is 13.8. The van der Waals surface area contributed by atoms with Gasteiger partial charge in [-0.15, -0.1) is 0 Å². The molecule has 0 bridgehead atoms. The van der Waals surface area contributed by atoms with Crippen molar-refractivity contribution < 1.29 is 13.9 Å². The lowest BCUT2D eigenvalue weighted by molar-refractivity contribution is -0.141. The molecule has 1 amide bonds. The molecule has 2 saturated heterocycles. The number of benzene rings is 1. The van der Waals surface area contributed by atoms with Gasteiger partial charge in [-0.3, -0.25) is 4.79 Å². The van der Waals surface area contributed by atoms with Crippen molar-refractivity contribution in [2.75, 3.05) is 26.3 Å². The molecule has 2 fully saturated rings. The van der Waals surface area contributed by atoms with E-state index in [0.29, 0.717) is 18.4 Å². The van der Waals surface area contributed by atoms with E-state index < -0.39 is 0 Å². The van der Waals surface area contributed by atoms with E-state index in [1.54, 1.807) is 6.07 Å². The van der Waals surface area contributed by atoms with Gasteiger partial charge in [0.2, 0.25) is 5.91 Å². The minimum Gasteiger partial charge on any atom is -0.381 e. The molecule has 0 radical (unpaired) electrons. The molecule has 1 atom stereocenters. The first-order valence-corrected chi connectivity index (χ1v) is 9.40. The number of nitrogens with zero attached hydrogens (tertiary/aromatic N) is 1. The van der Waals surface area contributed by atoms with Gasteiger partial charge < -0.3 is 15.0 Å². The molecule has 138 valence electrons. The lowest BCUT2D eigenvalue weighted by Gasteiger charge is -2.43. The summed E-state index contributed by atoms with van der Waals surface area (Å²) in [6, 6.07) is 7.14. The molecular weight excluding hydrogens is 319 g/mol. The van der Waals surface area contributed by atoms with E-state index in [9.17, 15) is 9.18 Å². The van der Waals surface area contributed by atoms with Crippen molar-refractivity contribution >= 4 is 5.91 Å². The highest BCUT2D eigenvalue weighted by atomic mass is 19.1. The van der Waals surface area contributed by atoms with Crippen LogP contribution in [0.2, 0.25) is 0 Å². The van der Waals surface area contributed by atoms with Crippen molar-refractivity contribution in [3.8, 4) is 0 Å². The molecule has 0 aliphatic carbocycles. The van der Waals surface area contributed by atoms with E-state index in [2.05, 4.69) is 19.2 Å². The van der Waals surface area contributed by atoms with Crippen LogP contribution in [0.1, 0.15) is 32.3 Å². The van der Waals surface area contributed by atoms with Crippen molar-refractivity contribution in [1.29, 1.82) is 0 Å². The van der Waals surface area contributed by atoms with Crippen LogP contribution in [0.3, 0.4) is 0 Å². The molecule has 1 unspecified atom stereocenters. The monoisotopic (exact) mass is 348 g/mol. The van der Waals surface area contributed by atoms with E-state index in [-0.39, 0.29) is 23.7 Å². The highest BCUT2D eigenvalue weighted by Gasteiger charge is 2.36. The summed E-state index contributed by atoms with van der Waals surface area (Å²) >= 11 is 0. The van der Waals surface area contributed by atoms with E-state index in [1.165, 1.54) is 6.07 Å². The number of nitrogens with one attached hydrogen (secondary N) is 1. The van der Waals surface area contributed by atoms with Crippen LogP contribution in [0.5, 0.6) is 0 Å². The average molecular weight is 348 g/mol. The second kappa shape index (κ2) is 8.28. The third kappa shape index (κ3) is 4.59. The predicted octanol–water partition coefficient (Wildman–Crippen LogP) is 2.62. The molecule has 0 spiro atoms. The topological polar surface area (TPSA) is 41.6 Å². The number of hydrogen-bond acceptors (Lipinski definition) is 3. The van der Waals surface area contributed by atoms with Crippen molar-refractivity contribution in [2.45, 2.75) is 45.2 Å². The van der Waals surface area contributed by atoms with Crippen LogP contribution in [0.25, 0.3) is 0 Å². The van der Waals surface area contributed by atoms with Crippen LogP contribution < -0.4 is 5.32 Å². The molecule has 0 saturated carbocycles. The summed E-state index contributed by atoms with van der Waals surface area (Å²) < 4.78 is 19.2. The quantitative estimate of drug-likeness (QED) is 0.859. The summed E-state index contributed by atoms with van der Waals surface area (Å²) in [7, 11) is 0. The Kier molecular flexibility index (Phi) is 6.07. The second-order valence-corrected chi connectivity index (χ2v) is 7.68. The van der Waals surface area contributed by atoms with E-state index in [0.717, 1.165) is 44.7 Å². The normalized spacial score (nSPS) is 20.6. The molecule has 1 N–H and O–H groups in total. The molecule has 4 nitrogen and oxygen atoms in total. The summed E-state index contributed by atoms with van der Waals surface area (Å²) in [6.07, 6.45) is 2.63. The van der Waals surface area contributed by atoms with Gasteiger partial charge in [-0.2, -0.15) is 0 Å². The third-order valence-corrected chi connectivity index (χ3v) is 5.30. The fraction of sp³-hybridized carbons (Fsp3) is 0.650. The van der Waals surface area contributed by atoms with Gasteiger partial charge in [0, 0.05) is 32.3 Å². The first-order chi connectivity index (χ1) is 12.0. The van der Waals surface area contributed by atoms with E-state index in [1.807, 2.05) is 17.0 Å². The molecule has 25 heavy (non-hydrogen) atoms. The number of hydrogen-bond donors (Lipinski definition) is 1. The SMILES string of the molecule is CC(C)C(NC1CCOCC1)C(=O)N1CC(Cc2ccccc2F)C1. The molecule has 1 aromatic carbocycles. The van der Waals surface area contributed by atoms with Crippen molar-refractivity contribution in [3.63, 3.8) is 0 Å². The number of carbonyl (C=O) groups is 1. The number of carbonyl (C=O) groups excluding carboxylic acids is 1. The number of halogens is 1. The standard InChI is InChI=1S/C20H29FN2O2/c1-14(2)19(22-17-7-9-25-10-8-17)20(24)23-12-15(13-23)11-16-5-3-4-6-18(16)21/h3-6,14-15,17,19,22H,7-13H2,1-2H3. The number of ether oxygens (including phenoxy) is 1. The van der Waals surface area contributed by atoms with Crippen LogP contribution in [0, 0.1) is 17.7 Å². The van der Waals surface area contributed by atoms with Crippen LogP contribution in [0.15, 0.2) is 24.3 Å². The number of amides is 1. The lowest BCUT2D eigenvalue weighted by Crippen LogP contribution is -2.59. The van der Waals surface area contributed by atoms with Crippen LogP contribution in [-0.4, -0.2) is 49.2 Å². The first kappa shape index (κ1) is 18.3. The Morgan fingerprint density at radius 3 is 2.60 bits per heavy atom. The fourth-order valence-electron chi connectivity index (χ4n) is 3.72. The Balaban J connectivity index is 1.51. The van der Waals surface area contributed by atoms with Crippen LogP contribution in [-0.2, 0) is 16.0 Å². The maximum Gasteiger partial charge on any atom is 0.239 e. The van der Waals surface area contributed by atoms with Gasteiger partial charge in [0.15, 0.2) is 0 Å². The summed E-state index contributed by atoms with van der Waals surface area (Å²) in [6.45, 7) is 7.17. The van der Waals surface area contributed by atoms with E-state index >= 15 is 0 Å². The molecule has 2 aliphatic heterocycles. The highest BCUT2D eigenvalue weighted by Crippen LogP contribution is 2.24. The molecule has 2 heterocycles. The van der Waals surface area contributed by atoms with Crippen LogP contribution >= 0.6 is 0 Å². The Hall–Kier alpha value is -1.46. The second-order valence-electron chi connectivity index (χ2n) is 7.68. The number of rotatable bonds is 6. The summed E-state index contributed by atoms with van der Waals surface area (Å²) in [5.74, 6) is 0.650. The summed E-state index contributed by atoms with van der Waals surface area (Å²) in [4.78, 5) is 14.8. The highest BCUT2D eigenvalue weighted by molar-refractivity contribution is 5.83. The Morgan fingerprint density at radius 1 is 1.28 bits per heavy atom. The zero-order valence-electron chi connectivity index (χ0n) is 15.2. The summed E-state index contributed by atoms with van der Waals surface area (Å²) in [5, 5.41) is 3.55. The Morgan fingerprint density at radius 2 is 1.96 bits per heavy atom. The zero-order valence-corrected chi connectivity index (χ0v) is 15.2. The van der Waals surface area contributed by atoms with Crippen molar-refractivity contribution in [3.05, 3.63) is 35.6 Å². The average Bonchev–Trinajstić information content (AvgIpc) is 2.57. The summed E-state index contributed by atoms with van der Waals surface area (Å²) in [5.41, 5.74) is 0.750. The van der Waals surface area contributed by atoms with Crippen molar-refractivity contribution in [1.82, 2.24) is 10.2 Å². The van der Waals surface area contributed by atoms with Gasteiger partial charge in [-0.05, 0) is 42.7 Å². The molecular formula is C20H29FN2O2. The molecule has 0 aromatic heterocycles. The molecule has 2 aliphatic rings. The smallest absolute Gasteiger partial charge is 0.239 e. The number of likely N-dealkylation sites (tertiary alicyclic amines) is 1. The Bertz CT molecular complexity index is 581. The minimum atomic E-state index is -0.145. The molecule has 5 heteroatoms. The molecule has 3 rings (SSSR count). The van der Waals surface area contributed by atoms with Crippen LogP contribution in [0.4, 0.5) is 4.39 Å². The predicted molar refractivity (Wildman–Crippen MR) is 95.8 cm³/mol. The third-order valence-electron chi connectivity index (χ3n) is 5.30.